The van der Waals surface area contributed by atoms with Gasteiger partial charge in [-0.2, -0.15) is 0 Å². The van der Waals surface area contributed by atoms with Gasteiger partial charge in [-0.05, 0) is 47.7 Å². The Morgan fingerprint density at radius 1 is 1.04 bits per heavy atom. The maximum absolute atomic E-state index is 12.0. The number of hydrogen-bond acceptors (Lipinski definition) is 4. The standard InChI is InChI=1S/C20H19N3OS/c1-23(2)17-13-11-15(12-14-17)7-6-10-18-19(24)22-20(25-18)21-16-8-4-3-5-9-16/h3-14H,1-2H3,(H,21,22,24). The van der Waals surface area contributed by atoms with Gasteiger partial charge in [0.05, 0.1) is 10.6 Å². The van der Waals surface area contributed by atoms with Crippen LogP contribution in [0.15, 0.2) is 76.6 Å². The molecule has 0 saturated carbocycles. The summed E-state index contributed by atoms with van der Waals surface area (Å²) >= 11 is 1.35. The molecule has 2 aromatic rings. The predicted octanol–water partition coefficient (Wildman–Crippen LogP) is 4.20. The Bertz CT molecular complexity index is 837. The van der Waals surface area contributed by atoms with E-state index >= 15 is 0 Å². The summed E-state index contributed by atoms with van der Waals surface area (Å²) in [4.78, 5) is 19.1. The van der Waals surface area contributed by atoms with Crippen molar-refractivity contribution in [3.63, 3.8) is 0 Å². The zero-order valence-corrected chi connectivity index (χ0v) is 15.0. The van der Waals surface area contributed by atoms with E-state index < -0.39 is 0 Å². The van der Waals surface area contributed by atoms with Crippen LogP contribution in [0.25, 0.3) is 6.08 Å². The molecule has 2 aromatic carbocycles. The normalized spacial score (nSPS) is 17.4. The molecule has 0 bridgehead atoms. The van der Waals surface area contributed by atoms with Gasteiger partial charge in [0.2, 0.25) is 0 Å². The first-order chi connectivity index (χ1) is 12.1. The molecule has 1 saturated heterocycles. The van der Waals surface area contributed by atoms with Crippen molar-refractivity contribution in [2.24, 2.45) is 4.99 Å². The molecule has 0 unspecified atom stereocenters. The van der Waals surface area contributed by atoms with Gasteiger partial charge in [0.25, 0.3) is 5.91 Å². The lowest BCUT2D eigenvalue weighted by Crippen LogP contribution is -2.19. The number of amidine groups is 1. The van der Waals surface area contributed by atoms with E-state index in [0.29, 0.717) is 10.1 Å². The van der Waals surface area contributed by atoms with E-state index in [1.165, 1.54) is 11.8 Å². The fraction of sp³-hybridized carbons (Fsp3) is 0.100. The number of hydrogen-bond donors (Lipinski definition) is 1. The fourth-order valence-electron chi connectivity index (χ4n) is 2.25. The van der Waals surface area contributed by atoms with Crippen molar-refractivity contribution < 1.29 is 4.79 Å². The lowest BCUT2D eigenvalue weighted by molar-refractivity contribution is -0.115. The third-order valence-electron chi connectivity index (χ3n) is 3.58. The van der Waals surface area contributed by atoms with E-state index in [0.717, 1.165) is 16.9 Å². The minimum absolute atomic E-state index is 0.118. The molecule has 3 rings (SSSR count). The maximum atomic E-state index is 12.0. The molecule has 0 spiro atoms. The van der Waals surface area contributed by atoms with Crippen molar-refractivity contribution in [1.82, 2.24) is 5.32 Å². The summed E-state index contributed by atoms with van der Waals surface area (Å²) in [7, 11) is 4.03. The molecular weight excluding hydrogens is 330 g/mol. The highest BCUT2D eigenvalue weighted by molar-refractivity contribution is 8.18. The van der Waals surface area contributed by atoms with Crippen LogP contribution in [0.3, 0.4) is 0 Å². The Morgan fingerprint density at radius 3 is 2.44 bits per heavy atom. The number of anilines is 1. The summed E-state index contributed by atoms with van der Waals surface area (Å²) in [6, 6.07) is 17.8. The summed E-state index contributed by atoms with van der Waals surface area (Å²) in [6.45, 7) is 0. The molecule has 25 heavy (non-hydrogen) atoms. The van der Waals surface area contributed by atoms with E-state index in [4.69, 9.17) is 0 Å². The fourth-order valence-corrected chi connectivity index (χ4v) is 3.04. The number of nitrogens with zero attached hydrogens (tertiary/aromatic N) is 2. The quantitative estimate of drug-likeness (QED) is 0.842. The Hall–Kier alpha value is -2.79. The first-order valence-corrected chi connectivity index (χ1v) is 8.72. The van der Waals surface area contributed by atoms with Gasteiger partial charge in [-0.1, -0.05) is 42.5 Å². The molecule has 1 aliphatic heterocycles. The largest absolute Gasteiger partial charge is 0.378 e. The maximum Gasteiger partial charge on any atom is 0.264 e. The topological polar surface area (TPSA) is 44.7 Å². The number of amides is 1. The monoisotopic (exact) mass is 349 g/mol. The Balaban J connectivity index is 1.67. The second kappa shape index (κ2) is 7.85. The molecule has 1 N–H and O–H groups in total. The van der Waals surface area contributed by atoms with Gasteiger partial charge in [0.15, 0.2) is 5.17 Å². The summed E-state index contributed by atoms with van der Waals surface area (Å²) < 4.78 is 0. The average molecular weight is 349 g/mol. The van der Waals surface area contributed by atoms with E-state index in [-0.39, 0.29) is 5.91 Å². The summed E-state index contributed by atoms with van der Waals surface area (Å²) in [5, 5.41) is 3.39. The van der Waals surface area contributed by atoms with Gasteiger partial charge in [0.1, 0.15) is 0 Å². The number of aliphatic imine (C=N–C) groups is 1. The molecule has 1 fully saturated rings. The summed E-state index contributed by atoms with van der Waals surface area (Å²) in [5.74, 6) is -0.118. The number of para-hydroxylation sites is 1. The van der Waals surface area contributed by atoms with Crippen LogP contribution in [0.5, 0.6) is 0 Å². The molecule has 1 amide bonds. The van der Waals surface area contributed by atoms with Gasteiger partial charge in [-0.3, -0.25) is 4.79 Å². The molecule has 0 radical (unpaired) electrons. The third kappa shape index (κ3) is 4.61. The smallest absolute Gasteiger partial charge is 0.264 e. The van der Waals surface area contributed by atoms with Crippen molar-refractivity contribution in [2.45, 2.75) is 0 Å². The van der Waals surface area contributed by atoms with Gasteiger partial charge in [-0.25, -0.2) is 4.99 Å². The number of allylic oxidation sites excluding steroid dienone is 2. The highest BCUT2D eigenvalue weighted by atomic mass is 32.2. The Morgan fingerprint density at radius 2 is 1.76 bits per heavy atom. The van der Waals surface area contributed by atoms with Crippen LogP contribution in [-0.4, -0.2) is 25.2 Å². The second-order valence-corrected chi connectivity index (χ2v) is 6.72. The van der Waals surface area contributed by atoms with E-state index in [2.05, 4.69) is 39.5 Å². The molecule has 126 valence electrons. The number of carbonyl (C=O) groups is 1. The van der Waals surface area contributed by atoms with Crippen LogP contribution in [0.4, 0.5) is 11.4 Å². The summed E-state index contributed by atoms with van der Waals surface area (Å²) in [5.41, 5.74) is 3.06. The number of carbonyl (C=O) groups excluding carboxylic acids is 1. The first-order valence-electron chi connectivity index (χ1n) is 7.90. The SMILES string of the molecule is CN(C)c1ccc(C=CC=C2SC(=Nc3ccccc3)NC2=O)cc1. The summed E-state index contributed by atoms with van der Waals surface area (Å²) in [6.07, 6.45) is 5.68. The molecular formula is C20H19N3OS. The zero-order chi connectivity index (χ0) is 17.6. The van der Waals surface area contributed by atoms with E-state index in [9.17, 15) is 4.79 Å². The highest BCUT2D eigenvalue weighted by Crippen LogP contribution is 2.26. The molecule has 0 aliphatic carbocycles. The zero-order valence-electron chi connectivity index (χ0n) is 14.1. The van der Waals surface area contributed by atoms with Crippen LogP contribution in [0, 0.1) is 0 Å². The van der Waals surface area contributed by atoms with Crippen molar-refractivity contribution >= 4 is 40.3 Å². The lowest BCUT2D eigenvalue weighted by Gasteiger charge is -2.11. The van der Waals surface area contributed by atoms with Crippen LogP contribution < -0.4 is 10.2 Å². The predicted molar refractivity (Wildman–Crippen MR) is 107 cm³/mol. The second-order valence-electron chi connectivity index (χ2n) is 5.68. The lowest BCUT2D eigenvalue weighted by atomic mass is 10.2. The molecule has 5 heteroatoms. The number of benzene rings is 2. The Kier molecular flexibility index (Phi) is 5.36. The van der Waals surface area contributed by atoms with Gasteiger partial charge >= 0.3 is 0 Å². The number of rotatable bonds is 4. The molecule has 0 aromatic heterocycles. The van der Waals surface area contributed by atoms with Crippen molar-refractivity contribution in [3.05, 3.63) is 77.2 Å². The van der Waals surface area contributed by atoms with E-state index in [1.54, 1.807) is 0 Å². The van der Waals surface area contributed by atoms with Gasteiger partial charge in [-0.15, -0.1) is 0 Å². The van der Waals surface area contributed by atoms with Crippen LogP contribution in [-0.2, 0) is 4.79 Å². The average Bonchev–Trinajstić information content (AvgIpc) is 2.95. The van der Waals surface area contributed by atoms with Crippen LogP contribution in [0.2, 0.25) is 0 Å². The minimum atomic E-state index is -0.118. The molecule has 0 atom stereocenters. The third-order valence-corrected chi connectivity index (χ3v) is 4.51. The molecule has 1 heterocycles. The molecule has 1 aliphatic rings. The highest BCUT2D eigenvalue weighted by Gasteiger charge is 2.22. The van der Waals surface area contributed by atoms with Crippen molar-refractivity contribution in [3.8, 4) is 0 Å². The van der Waals surface area contributed by atoms with Crippen molar-refractivity contribution in [2.75, 3.05) is 19.0 Å². The van der Waals surface area contributed by atoms with Gasteiger partial charge in [0, 0.05) is 19.8 Å². The van der Waals surface area contributed by atoms with Crippen molar-refractivity contribution in [1.29, 1.82) is 0 Å². The van der Waals surface area contributed by atoms with Crippen LogP contribution >= 0.6 is 11.8 Å². The number of thioether (sulfide) groups is 1. The first kappa shape index (κ1) is 17.0. The van der Waals surface area contributed by atoms with Gasteiger partial charge < -0.3 is 10.2 Å². The minimum Gasteiger partial charge on any atom is -0.378 e. The van der Waals surface area contributed by atoms with E-state index in [1.807, 2.05) is 62.7 Å². The van der Waals surface area contributed by atoms with Crippen LogP contribution in [0.1, 0.15) is 5.56 Å². The molecule has 4 nitrogen and oxygen atoms in total. The Labute approximate surface area is 152 Å². The number of nitrogens with one attached hydrogen (secondary N) is 1.